The van der Waals surface area contributed by atoms with Crippen molar-refractivity contribution in [2.45, 2.75) is 64.1 Å². The van der Waals surface area contributed by atoms with E-state index in [1.807, 2.05) is 13.0 Å². The zero-order valence-corrected chi connectivity index (χ0v) is 21.2. The number of sulfonamides is 1. The number of hydrogen-bond donors (Lipinski definition) is 5. The number of carbonyl (C=O) groups is 2. The highest BCUT2D eigenvalue weighted by Crippen LogP contribution is 2.32. The molecule has 2 heterocycles. The summed E-state index contributed by atoms with van der Waals surface area (Å²) in [4.78, 5) is 30.8. The molecular formula is C23H38N6O5S. The van der Waals surface area contributed by atoms with Gasteiger partial charge in [0, 0.05) is 13.1 Å². The Morgan fingerprint density at radius 1 is 1.29 bits per heavy atom. The number of nitrogens with zero attached hydrogens (tertiary/aromatic N) is 2. The molecule has 3 aliphatic rings. The molecule has 11 nitrogen and oxygen atoms in total. The van der Waals surface area contributed by atoms with Crippen LogP contribution in [-0.2, 0) is 19.6 Å². The summed E-state index contributed by atoms with van der Waals surface area (Å²) in [6.07, 6.45) is 7.66. The first-order valence-corrected chi connectivity index (χ1v) is 13.7. The van der Waals surface area contributed by atoms with Gasteiger partial charge in [-0.15, -0.1) is 0 Å². The monoisotopic (exact) mass is 510 g/mol. The van der Waals surface area contributed by atoms with E-state index in [0.29, 0.717) is 31.7 Å². The average molecular weight is 511 g/mol. The lowest BCUT2D eigenvalue weighted by molar-refractivity contribution is -0.153. The lowest BCUT2D eigenvalue weighted by Crippen LogP contribution is -2.57. The van der Waals surface area contributed by atoms with Crippen LogP contribution < -0.4 is 21.5 Å². The molecule has 6 atom stereocenters. The van der Waals surface area contributed by atoms with Crippen LogP contribution in [0.25, 0.3) is 0 Å². The minimum atomic E-state index is -4.04. The van der Waals surface area contributed by atoms with E-state index in [4.69, 9.17) is 11.5 Å². The van der Waals surface area contributed by atoms with E-state index in [0.717, 1.165) is 6.42 Å². The molecular weight excluding hydrogens is 472 g/mol. The lowest BCUT2D eigenvalue weighted by Gasteiger charge is -2.39. The molecule has 0 bridgehead atoms. The predicted molar refractivity (Wildman–Crippen MR) is 134 cm³/mol. The van der Waals surface area contributed by atoms with E-state index < -0.39 is 34.0 Å². The van der Waals surface area contributed by atoms with Crippen molar-refractivity contribution in [1.82, 2.24) is 14.9 Å². The fraction of sp³-hybridized carbons (Fsp3) is 0.696. The third-order valence-electron chi connectivity index (χ3n) is 7.00. The highest BCUT2D eigenvalue weighted by atomic mass is 32.2. The zero-order valence-electron chi connectivity index (χ0n) is 20.4. The van der Waals surface area contributed by atoms with Crippen LogP contribution in [0.2, 0.25) is 0 Å². The van der Waals surface area contributed by atoms with Gasteiger partial charge in [-0.2, -0.15) is 4.72 Å². The molecule has 12 heteroatoms. The molecule has 2 fully saturated rings. The summed E-state index contributed by atoms with van der Waals surface area (Å²) < 4.78 is 29.6. The van der Waals surface area contributed by atoms with Crippen molar-refractivity contribution < 1.29 is 23.1 Å². The summed E-state index contributed by atoms with van der Waals surface area (Å²) in [5.41, 5.74) is 10.8. The number of guanidine groups is 1. The van der Waals surface area contributed by atoms with Gasteiger partial charge in [0.25, 0.3) is 0 Å². The second kappa shape index (κ2) is 11.5. The maximum atomic E-state index is 13.5. The van der Waals surface area contributed by atoms with Gasteiger partial charge in [-0.3, -0.25) is 9.79 Å². The molecule has 0 radical (unpaired) electrons. The smallest absolute Gasteiger partial charge is 0.326 e. The SMILES string of the molecule is CC1CNC2C(S(=O)(=O)N[C@@H](CCCN=C(N)N)C(=O)N3CC[C@@H](C)C[C@@H]3C(=O)O)=CC=CC2C1. The second-order valence-corrected chi connectivity index (χ2v) is 11.7. The first-order chi connectivity index (χ1) is 16.5. The van der Waals surface area contributed by atoms with Crippen molar-refractivity contribution in [2.75, 3.05) is 19.6 Å². The normalized spacial score (nSPS) is 29.6. The average Bonchev–Trinajstić information content (AvgIpc) is 2.79. The molecule has 196 valence electrons. The summed E-state index contributed by atoms with van der Waals surface area (Å²) in [5.74, 6) is -1.08. The predicted octanol–water partition coefficient (Wildman–Crippen LogP) is 0.108. The first kappa shape index (κ1) is 27.2. The fourth-order valence-corrected chi connectivity index (χ4v) is 6.73. The van der Waals surface area contributed by atoms with Gasteiger partial charge in [-0.05, 0) is 62.5 Å². The maximum Gasteiger partial charge on any atom is 0.326 e. The minimum absolute atomic E-state index is 0.0475. The van der Waals surface area contributed by atoms with Crippen LogP contribution in [-0.4, -0.2) is 74.0 Å². The van der Waals surface area contributed by atoms with Crippen LogP contribution in [0.1, 0.15) is 46.0 Å². The molecule has 1 amide bonds. The van der Waals surface area contributed by atoms with E-state index in [-0.39, 0.29) is 48.3 Å². The second-order valence-electron chi connectivity index (χ2n) is 9.98. The van der Waals surface area contributed by atoms with Crippen molar-refractivity contribution in [3.8, 4) is 0 Å². The number of piperidine rings is 2. The standard InChI is InChI=1S/C23H38N6O5S/c1-14-8-10-29(18(12-14)22(31)32)21(30)17(6-4-9-26-23(24)25)28-35(33,34)19-7-3-5-16-11-15(2)13-27-20(16)19/h3,5,7,14-18,20,27-28H,4,6,8-13H2,1-2H3,(H,31,32)(H4,24,25,26)/t14-,15?,16?,17+,18-,20?/m1/s1. The number of rotatable bonds is 9. The van der Waals surface area contributed by atoms with Crippen molar-refractivity contribution in [2.24, 2.45) is 34.2 Å². The van der Waals surface area contributed by atoms with Crippen LogP contribution in [0, 0.1) is 17.8 Å². The molecule has 0 spiro atoms. The van der Waals surface area contributed by atoms with Gasteiger partial charge in [0.15, 0.2) is 5.96 Å². The number of amides is 1. The molecule has 0 saturated carbocycles. The highest BCUT2D eigenvalue weighted by molar-refractivity contribution is 7.93. The van der Waals surface area contributed by atoms with Gasteiger partial charge >= 0.3 is 5.97 Å². The molecule has 2 aliphatic heterocycles. The molecule has 35 heavy (non-hydrogen) atoms. The number of aliphatic imine (C=N–C) groups is 1. The van der Waals surface area contributed by atoms with Crippen molar-refractivity contribution in [3.63, 3.8) is 0 Å². The number of carboxylic acid groups (broad SMARTS) is 1. The molecule has 0 aromatic rings. The van der Waals surface area contributed by atoms with E-state index in [9.17, 15) is 23.1 Å². The molecule has 3 rings (SSSR count). The van der Waals surface area contributed by atoms with Crippen molar-refractivity contribution in [1.29, 1.82) is 0 Å². The third-order valence-corrected chi connectivity index (χ3v) is 8.60. The Morgan fingerprint density at radius 2 is 2.03 bits per heavy atom. The molecule has 1 aliphatic carbocycles. The Balaban J connectivity index is 1.82. The summed E-state index contributed by atoms with van der Waals surface area (Å²) in [5, 5.41) is 13.0. The third kappa shape index (κ3) is 6.83. The van der Waals surface area contributed by atoms with E-state index >= 15 is 0 Å². The Bertz CT molecular complexity index is 990. The van der Waals surface area contributed by atoms with E-state index in [2.05, 4.69) is 22.0 Å². The Labute approximate surface area is 207 Å². The van der Waals surface area contributed by atoms with Crippen molar-refractivity contribution >= 4 is 27.9 Å². The summed E-state index contributed by atoms with van der Waals surface area (Å²) in [6, 6.07) is -2.48. The highest BCUT2D eigenvalue weighted by Gasteiger charge is 2.41. The topological polar surface area (TPSA) is 180 Å². The summed E-state index contributed by atoms with van der Waals surface area (Å²) in [7, 11) is -4.04. The van der Waals surface area contributed by atoms with E-state index in [1.165, 1.54) is 4.90 Å². The van der Waals surface area contributed by atoms with Crippen LogP contribution >= 0.6 is 0 Å². The zero-order chi connectivity index (χ0) is 25.8. The van der Waals surface area contributed by atoms with Gasteiger partial charge < -0.3 is 26.8 Å². The van der Waals surface area contributed by atoms with Crippen LogP contribution in [0.4, 0.5) is 0 Å². The number of nitrogens with one attached hydrogen (secondary N) is 2. The number of fused-ring (bicyclic) bond motifs is 1. The van der Waals surface area contributed by atoms with Crippen molar-refractivity contribution in [3.05, 3.63) is 23.1 Å². The van der Waals surface area contributed by atoms with Gasteiger partial charge in [0.05, 0.1) is 10.9 Å². The molecule has 3 unspecified atom stereocenters. The quantitative estimate of drug-likeness (QED) is 0.165. The number of allylic oxidation sites excluding steroid dienone is 2. The number of aliphatic carboxylic acids is 1. The lowest BCUT2D eigenvalue weighted by atomic mass is 9.83. The number of likely N-dealkylation sites (tertiary alicyclic amines) is 1. The van der Waals surface area contributed by atoms with Crippen LogP contribution in [0.15, 0.2) is 28.1 Å². The largest absolute Gasteiger partial charge is 0.480 e. The first-order valence-electron chi connectivity index (χ1n) is 12.2. The number of hydrogen-bond acceptors (Lipinski definition) is 6. The summed E-state index contributed by atoms with van der Waals surface area (Å²) >= 11 is 0. The Kier molecular flexibility index (Phi) is 8.94. The Hall–Kier alpha value is -2.44. The van der Waals surface area contributed by atoms with Gasteiger partial charge in [0.1, 0.15) is 12.1 Å². The number of carboxylic acids is 1. The summed E-state index contributed by atoms with van der Waals surface area (Å²) in [6.45, 7) is 5.26. The van der Waals surface area contributed by atoms with E-state index in [1.54, 1.807) is 12.2 Å². The minimum Gasteiger partial charge on any atom is -0.480 e. The van der Waals surface area contributed by atoms with Gasteiger partial charge in [-0.1, -0.05) is 26.0 Å². The fourth-order valence-electron chi connectivity index (χ4n) is 5.15. The van der Waals surface area contributed by atoms with Crippen LogP contribution in [0.5, 0.6) is 0 Å². The molecule has 2 saturated heterocycles. The molecule has 7 N–H and O–H groups in total. The molecule has 0 aromatic heterocycles. The van der Waals surface area contributed by atoms with Gasteiger partial charge in [0.2, 0.25) is 15.9 Å². The Morgan fingerprint density at radius 3 is 2.71 bits per heavy atom. The maximum absolute atomic E-state index is 13.5. The number of nitrogens with two attached hydrogens (primary N) is 2. The van der Waals surface area contributed by atoms with Gasteiger partial charge in [-0.25, -0.2) is 13.2 Å². The number of carbonyl (C=O) groups excluding carboxylic acids is 1. The molecule has 0 aromatic carbocycles. The van der Waals surface area contributed by atoms with Crippen LogP contribution in [0.3, 0.4) is 0 Å².